The lowest BCUT2D eigenvalue weighted by atomic mass is 9.91. The summed E-state index contributed by atoms with van der Waals surface area (Å²) in [6, 6.07) is 0. The van der Waals surface area contributed by atoms with Crippen molar-refractivity contribution in [3.05, 3.63) is 24.3 Å². The SMILES string of the molecule is C1=C/CC2CCCCCCC(/C=C/C/1)CCCCC2. The molecule has 1 fully saturated rings. The average molecular weight is 260 g/mol. The molecule has 2 bridgehead atoms. The maximum Gasteiger partial charge on any atom is -0.0169 e. The molecule has 0 aromatic heterocycles. The fourth-order valence-electron chi connectivity index (χ4n) is 3.66. The van der Waals surface area contributed by atoms with Crippen LogP contribution in [0.1, 0.15) is 83.5 Å². The van der Waals surface area contributed by atoms with E-state index in [1.54, 1.807) is 0 Å². The standard InChI is InChI=1S/C19H32/c1-2-7-13-19-15-9-4-3-8-14-18(12-6-1)16-10-5-11-17-19/h1,6-7,13,18-19H,2-5,8-12,14-17H2/b6-1+,13-7+. The molecule has 1 saturated carbocycles. The first-order valence-corrected chi connectivity index (χ1v) is 8.77. The third-order valence-electron chi connectivity index (χ3n) is 4.94. The Kier molecular flexibility index (Phi) is 7.36. The Morgan fingerprint density at radius 2 is 1.21 bits per heavy atom. The van der Waals surface area contributed by atoms with E-state index in [4.69, 9.17) is 0 Å². The van der Waals surface area contributed by atoms with Crippen LogP contribution >= 0.6 is 0 Å². The van der Waals surface area contributed by atoms with Crippen molar-refractivity contribution in [2.45, 2.75) is 83.5 Å². The molecule has 0 heteroatoms. The van der Waals surface area contributed by atoms with E-state index in [-0.39, 0.29) is 0 Å². The van der Waals surface area contributed by atoms with E-state index < -0.39 is 0 Å². The van der Waals surface area contributed by atoms with E-state index in [2.05, 4.69) is 24.3 Å². The number of fused-ring (bicyclic) bond motifs is 6. The molecule has 0 aromatic rings. The van der Waals surface area contributed by atoms with Gasteiger partial charge in [0.15, 0.2) is 0 Å². The summed E-state index contributed by atoms with van der Waals surface area (Å²) in [5.41, 5.74) is 0. The molecule has 0 aliphatic heterocycles. The van der Waals surface area contributed by atoms with Crippen LogP contribution in [-0.2, 0) is 0 Å². The summed E-state index contributed by atoms with van der Waals surface area (Å²) in [7, 11) is 0. The van der Waals surface area contributed by atoms with Crippen molar-refractivity contribution in [3.8, 4) is 0 Å². The molecule has 19 heavy (non-hydrogen) atoms. The highest BCUT2D eigenvalue weighted by atomic mass is 14.2. The number of hydrogen-bond acceptors (Lipinski definition) is 0. The van der Waals surface area contributed by atoms with Crippen molar-refractivity contribution in [3.63, 3.8) is 0 Å². The first-order chi connectivity index (χ1) is 9.45. The maximum absolute atomic E-state index is 2.52. The zero-order chi connectivity index (χ0) is 13.2. The van der Waals surface area contributed by atoms with E-state index in [1.165, 1.54) is 77.0 Å². The van der Waals surface area contributed by atoms with Crippen molar-refractivity contribution < 1.29 is 0 Å². The van der Waals surface area contributed by atoms with Crippen LogP contribution in [-0.4, -0.2) is 0 Å². The summed E-state index contributed by atoms with van der Waals surface area (Å²) in [6.45, 7) is 0. The molecule has 0 spiro atoms. The lowest BCUT2D eigenvalue weighted by Gasteiger charge is -2.14. The minimum absolute atomic E-state index is 0.866. The van der Waals surface area contributed by atoms with Crippen LogP contribution in [0.3, 0.4) is 0 Å². The van der Waals surface area contributed by atoms with Crippen LogP contribution < -0.4 is 0 Å². The van der Waals surface area contributed by atoms with Crippen molar-refractivity contribution in [1.82, 2.24) is 0 Å². The van der Waals surface area contributed by atoms with Crippen molar-refractivity contribution >= 4 is 0 Å². The van der Waals surface area contributed by atoms with Crippen LogP contribution in [0.2, 0.25) is 0 Å². The molecule has 2 unspecified atom stereocenters. The fraction of sp³-hybridized carbons (Fsp3) is 0.789. The first-order valence-electron chi connectivity index (χ1n) is 8.77. The molecule has 0 nitrogen and oxygen atoms in total. The van der Waals surface area contributed by atoms with Gasteiger partial charge in [-0.2, -0.15) is 0 Å². The van der Waals surface area contributed by atoms with Crippen molar-refractivity contribution in [2.75, 3.05) is 0 Å². The van der Waals surface area contributed by atoms with Gasteiger partial charge in [-0.05, 0) is 37.5 Å². The molecular weight excluding hydrogens is 228 g/mol. The predicted molar refractivity (Wildman–Crippen MR) is 85.3 cm³/mol. The second-order valence-corrected chi connectivity index (χ2v) is 6.63. The topological polar surface area (TPSA) is 0 Å². The van der Waals surface area contributed by atoms with Gasteiger partial charge in [0, 0.05) is 0 Å². The van der Waals surface area contributed by atoms with E-state index in [1.807, 2.05) is 0 Å². The Bertz CT molecular complexity index is 270. The largest absolute Gasteiger partial charge is 0.0880 e. The minimum Gasteiger partial charge on any atom is -0.0880 e. The summed E-state index contributed by atoms with van der Waals surface area (Å²) >= 11 is 0. The summed E-state index contributed by atoms with van der Waals surface area (Å²) in [5.74, 6) is 1.84. The van der Waals surface area contributed by atoms with Crippen LogP contribution in [0.25, 0.3) is 0 Å². The fourth-order valence-corrected chi connectivity index (χ4v) is 3.66. The molecule has 0 amide bonds. The maximum atomic E-state index is 2.52. The highest BCUT2D eigenvalue weighted by molar-refractivity contribution is 4.96. The van der Waals surface area contributed by atoms with E-state index in [0.29, 0.717) is 0 Å². The first kappa shape index (κ1) is 14.9. The summed E-state index contributed by atoms with van der Waals surface area (Å²) in [4.78, 5) is 0. The van der Waals surface area contributed by atoms with Crippen molar-refractivity contribution in [1.29, 1.82) is 0 Å². The Hall–Kier alpha value is -0.520. The zero-order valence-corrected chi connectivity index (χ0v) is 12.7. The zero-order valence-electron chi connectivity index (χ0n) is 12.7. The molecule has 0 radical (unpaired) electrons. The van der Waals surface area contributed by atoms with Gasteiger partial charge in [-0.1, -0.05) is 82.1 Å². The Balaban J connectivity index is 2.00. The van der Waals surface area contributed by atoms with Crippen LogP contribution in [0.15, 0.2) is 24.3 Å². The van der Waals surface area contributed by atoms with Gasteiger partial charge in [-0.25, -0.2) is 0 Å². The Morgan fingerprint density at radius 3 is 1.95 bits per heavy atom. The van der Waals surface area contributed by atoms with Gasteiger partial charge in [0.25, 0.3) is 0 Å². The molecule has 0 N–H and O–H groups in total. The summed E-state index contributed by atoms with van der Waals surface area (Å²) in [5, 5.41) is 0. The average Bonchev–Trinajstić information content (AvgIpc) is 2.46. The van der Waals surface area contributed by atoms with Crippen LogP contribution in [0.5, 0.6) is 0 Å². The quantitative estimate of drug-likeness (QED) is 0.440. The molecule has 0 heterocycles. The van der Waals surface area contributed by atoms with Gasteiger partial charge < -0.3 is 0 Å². The van der Waals surface area contributed by atoms with Crippen molar-refractivity contribution in [2.24, 2.45) is 11.8 Å². The molecule has 0 saturated heterocycles. The molecular formula is C19H32. The van der Waals surface area contributed by atoms with E-state index in [9.17, 15) is 0 Å². The lowest BCUT2D eigenvalue weighted by molar-refractivity contribution is 0.410. The molecule has 2 aliphatic carbocycles. The second kappa shape index (κ2) is 9.39. The molecule has 108 valence electrons. The van der Waals surface area contributed by atoms with Gasteiger partial charge >= 0.3 is 0 Å². The normalized spacial score (nSPS) is 34.5. The van der Waals surface area contributed by atoms with Crippen LogP contribution in [0.4, 0.5) is 0 Å². The minimum atomic E-state index is 0.866. The smallest absolute Gasteiger partial charge is 0.0169 e. The Morgan fingerprint density at radius 1 is 0.579 bits per heavy atom. The molecule has 2 atom stereocenters. The monoisotopic (exact) mass is 260 g/mol. The van der Waals surface area contributed by atoms with Gasteiger partial charge in [0.05, 0.1) is 0 Å². The number of allylic oxidation sites excluding steroid dienone is 4. The van der Waals surface area contributed by atoms with Crippen LogP contribution in [0, 0.1) is 11.8 Å². The summed E-state index contributed by atoms with van der Waals surface area (Å²) < 4.78 is 0. The van der Waals surface area contributed by atoms with Gasteiger partial charge in [0.1, 0.15) is 0 Å². The summed E-state index contributed by atoms with van der Waals surface area (Å²) in [6.07, 6.45) is 28.3. The van der Waals surface area contributed by atoms with Gasteiger partial charge in [0.2, 0.25) is 0 Å². The predicted octanol–water partition coefficient (Wildman–Crippen LogP) is 6.43. The van der Waals surface area contributed by atoms with E-state index in [0.717, 1.165) is 18.3 Å². The highest BCUT2D eigenvalue weighted by Gasteiger charge is 2.10. The van der Waals surface area contributed by atoms with Gasteiger partial charge in [-0.3, -0.25) is 0 Å². The third kappa shape index (κ3) is 6.45. The lowest BCUT2D eigenvalue weighted by Crippen LogP contribution is -1.99. The van der Waals surface area contributed by atoms with Gasteiger partial charge in [-0.15, -0.1) is 0 Å². The number of rotatable bonds is 0. The molecule has 0 aromatic carbocycles. The highest BCUT2D eigenvalue weighted by Crippen LogP contribution is 2.26. The molecule has 2 aliphatic rings. The third-order valence-corrected chi connectivity index (χ3v) is 4.94. The van der Waals surface area contributed by atoms with E-state index >= 15 is 0 Å². The molecule has 2 rings (SSSR count). The second-order valence-electron chi connectivity index (χ2n) is 6.63. The Labute approximate surface area is 120 Å². The number of hydrogen-bond donors (Lipinski definition) is 0.